The van der Waals surface area contributed by atoms with Crippen LogP contribution >= 0.6 is 0 Å². The van der Waals surface area contributed by atoms with Gasteiger partial charge in [-0.1, -0.05) is 36.4 Å². The first-order chi connectivity index (χ1) is 15.2. The van der Waals surface area contributed by atoms with Crippen molar-refractivity contribution in [2.45, 2.75) is 41.9 Å². The van der Waals surface area contributed by atoms with Gasteiger partial charge < -0.3 is 9.64 Å². The molecular formula is C21H22FN3O7S. The zero-order chi connectivity index (χ0) is 24.8. The van der Waals surface area contributed by atoms with Gasteiger partial charge in [-0.25, -0.2) is 13.2 Å². The third kappa shape index (κ3) is 3.50. The molecule has 1 heterocycles. The molecule has 0 fully saturated rings. The topological polar surface area (TPSA) is 136 Å². The number of rotatable bonds is 5. The van der Waals surface area contributed by atoms with Crippen molar-refractivity contribution < 1.29 is 32.1 Å². The van der Waals surface area contributed by atoms with E-state index in [-0.39, 0.29) is 5.69 Å². The maximum Gasteiger partial charge on any atom is 0.499 e. The molecule has 176 valence electrons. The summed E-state index contributed by atoms with van der Waals surface area (Å²) in [6, 6.07) is 11.2. The molecule has 0 bridgehead atoms. The summed E-state index contributed by atoms with van der Waals surface area (Å²) in [5.74, 6) is -1.35. The number of ether oxygens (including phenoxy) is 1. The largest absolute Gasteiger partial charge is 0.499 e. The van der Waals surface area contributed by atoms with Crippen molar-refractivity contribution in [3.63, 3.8) is 0 Å². The van der Waals surface area contributed by atoms with Gasteiger partial charge in [0.15, 0.2) is 0 Å². The number of fused-ring (bicyclic) bond motifs is 1. The Morgan fingerprint density at radius 3 is 2.21 bits per heavy atom. The number of nitrogens with one attached hydrogen (secondary N) is 1. The first kappa shape index (κ1) is 24.1. The third-order valence-corrected chi connectivity index (χ3v) is 7.15. The number of alkyl carbamates (subject to hydrolysis) is 1. The van der Waals surface area contributed by atoms with E-state index >= 15 is 4.39 Å². The zero-order valence-electron chi connectivity index (χ0n) is 18.2. The monoisotopic (exact) mass is 479 g/mol. The molecule has 1 aliphatic heterocycles. The van der Waals surface area contributed by atoms with E-state index in [2.05, 4.69) is 0 Å². The summed E-state index contributed by atoms with van der Waals surface area (Å²) >= 11 is 0. The first-order valence-corrected chi connectivity index (χ1v) is 11.2. The molecule has 2 aromatic carbocycles. The fraction of sp³-hybridized carbons (Fsp3) is 0.333. The lowest BCUT2D eigenvalue weighted by molar-refractivity contribution is -0.585. The van der Waals surface area contributed by atoms with Crippen LogP contribution in [0, 0.1) is 10.1 Å². The lowest BCUT2D eigenvalue weighted by Gasteiger charge is -2.35. The number of likely N-dealkylation sites (N-methyl/N-ethyl adjacent to an activating group) is 1. The fourth-order valence-electron chi connectivity index (χ4n) is 3.70. The van der Waals surface area contributed by atoms with E-state index in [9.17, 15) is 28.1 Å². The van der Waals surface area contributed by atoms with Crippen LogP contribution in [-0.2, 0) is 24.9 Å². The Labute approximate surface area is 189 Å². The highest BCUT2D eigenvalue weighted by atomic mass is 32.2. The van der Waals surface area contributed by atoms with Crippen LogP contribution in [0.25, 0.3) is 0 Å². The van der Waals surface area contributed by atoms with Crippen molar-refractivity contribution in [1.82, 2.24) is 5.32 Å². The number of carbonyl (C=O) groups excluding carboxylic acids is 2. The normalized spacial score (nSPS) is 20.0. The zero-order valence-corrected chi connectivity index (χ0v) is 19.1. The molecule has 1 aliphatic rings. The van der Waals surface area contributed by atoms with Crippen LogP contribution < -0.4 is 10.2 Å². The summed E-state index contributed by atoms with van der Waals surface area (Å²) in [5.41, 5.74) is -4.82. The number of hydrogen-bond donors (Lipinski definition) is 1. The molecule has 1 unspecified atom stereocenters. The minimum atomic E-state index is -5.51. The number of nitro groups is 1. The van der Waals surface area contributed by atoms with Crippen LogP contribution in [0.1, 0.15) is 26.3 Å². The molecule has 0 spiro atoms. The van der Waals surface area contributed by atoms with E-state index in [1.165, 1.54) is 64.2 Å². The van der Waals surface area contributed by atoms with Crippen LogP contribution in [0.3, 0.4) is 0 Å². The highest BCUT2D eigenvalue weighted by Crippen LogP contribution is 2.51. The second-order valence-corrected chi connectivity index (χ2v) is 10.4. The summed E-state index contributed by atoms with van der Waals surface area (Å²) in [7, 11) is -4.32. The summed E-state index contributed by atoms with van der Waals surface area (Å²) in [6.45, 7) is 4.44. The predicted molar refractivity (Wildman–Crippen MR) is 115 cm³/mol. The second-order valence-electron chi connectivity index (χ2n) is 8.39. The van der Waals surface area contributed by atoms with E-state index in [1.807, 2.05) is 5.32 Å². The molecule has 0 saturated heterocycles. The fourth-order valence-corrected chi connectivity index (χ4v) is 5.38. The smallest absolute Gasteiger partial charge is 0.444 e. The summed E-state index contributed by atoms with van der Waals surface area (Å²) in [4.78, 5) is 36.8. The maximum absolute atomic E-state index is 16.8. The molecular weight excluding hydrogens is 457 g/mol. The van der Waals surface area contributed by atoms with Gasteiger partial charge >= 0.3 is 11.2 Å². The van der Waals surface area contributed by atoms with Crippen LogP contribution in [0.2, 0.25) is 0 Å². The highest BCUT2D eigenvalue weighted by molar-refractivity contribution is 7.92. The number of para-hydroxylation sites is 1. The van der Waals surface area contributed by atoms with Gasteiger partial charge in [-0.15, -0.1) is 4.39 Å². The number of alkyl halides is 1. The third-order valence-electron chi connectivity index (χ3n) is 5.09. The Kier molecular flexibility index (Phi) is 5.70. The molecule has 1 N–H and O–H groups in total. The van der Waals surface area contributed by atoms with Crippen LogP contribution in [0.5, 0.6) is 0 Å². The number of sulfone groups is 1. The minimum Gasteiger partial charge on any atom is -0.444 e. The Hall–Kier alpha value is -3.54. The summed E-state index contributed by atoms with van der Waals surface area (Å²) in [5, 5.41) is 9.65. The first-order valence-electron chi connectivity index (χ1n) is 9.72. The van der Waals surface area contributed by atoms with Gasteiger partial charge in [-0.3, -0.25) is 20.2 Å². The number of hydrogen-bond acceptors (Lipinski definition) is 7. The Bertz CT molecular complexity index is 1230. The molecule has 33 heavy (non-hydrogen) atoms. The van der Waals surface area contributed by atoms with E-state index in [4.69, 9.17) is 4.74 Å². The number of benzene rings is 2. The Balaban J connectivity index is 2.39. The lowest BCUT2D eigenvalue weighted by atomic mass is 9.89. The van der Waals surface area contributed by atoms with E-state index in [0.29, 0.717) is 0 Å². The standard InChI is InChI=1S/C21H22FN3O7S/c1-19(2,3)32-18(27)23-20(15-12-8-9-13-16(15)24(4)17(20)26)21(22,25(28)29)33(30,31)14-10-6-5-7-11-14/h5-13H,1-4H3,(H,23,27)/t20-,21?/m0/s1. The number of halogens is 1. The molecule has 12 heteroatoms. The van der Waals surface area contributed by atoms with Crippen molar-refractivity contribution >= 4 is 27.5 Å². The molecule has 2 amide bonds. The van der Waals surface area contributed by atoms with Gasteiger partial charge in [0.25, 0.3) is 21.3 Å². The van der Waals surface area contributed by atoms with E-state index in [1.54, 1.807) is 0 Å². The van der Waals surface area contributed by atoms with Gasteiger partial charge in [-0.2, -0.15) is 0 Å². The van der Waals surface area contributed by atoms with Crippen molar-refractivity contribution in [2.24, 2.45) is 0 Å². The van der Waals surface area contributed by atoms with E-state index < -0.39 is 53.5 Å². The average molecular weight is 479 g/mol. The van der Waals surface area contributed by atoms with Crippen LogP contribution in [-0.4, -0.2) is 43.1 Å². The number of amides is 2. The maximum atomic E-state index is 16.8. The summed E-state index contributed by atoms with van der Waals surface area (Å²) in [6.07, 6.45) is -1.41. The van der Waals surface area contributed by atoms with Gasteiger partial charge in [0.05, 0.1) is 9.82 Å². The quantitative estimate of drug-likeness (QED) is 0.396. The van der Waals surface area contributed by atoms with Crippen molar-refractivity contribution in [3.05, 3.63) is 70.3 Å². The van der Waals surface area contributed by atoms with Gasteiger partial charge in [0.2, 0.25) is 0 Å². The van der Waals surface area contributed by atoms with Gasteiger partial charge in [0.1, 0.15) is 5.60 Å². The number of carbonyl (C=O) groups is 2. The molecule has 10 nitrogen and oxygen atoms in total. The van der Waals surface area contributed by atoms with Crippen LogP contribution in [0.4, 0.5) is 14.9 Å². The molecule has 0 saturated carbocycles. The van der Waals surface area contributed by atoms with Crippen molar-refractivity contribution in [1.29, 1.82) is 0 Å². The highest BCUT2D eigenvalue weighted by Gasteiger charge is 2.80. The molecule has 3 rings (SSSR count). The average Bonchev–Trinajstić information content (AvgIpc) is 2.95. The molecule has 2 aromatic rings. The SMILES string of the molecule is CN1C(=O)[C@](NC(=O)OC(C)(C)C)(C(F)([N+](=O)[O-])S(=O)(=O)c2ccccc2)c2ccccc21. The predicted octanol–water partition coefficient (Wildman–Crippen LogP) is 2.76. The molecule has 0 radical (unpaired) electrons. The number of nitrogens with zero attached hydrogens (tertiary/aromatic N) is 2. The number of anilines is 1. The Morgan fingerprint density at radius 1 is 1.12 bits per heavy atom. The molecule has 2 atom stereocenters. The van der Waals surface area contributed by atoms with Crippen molar-refractivity contribution in [2.75, 3.05) is 11.9 Å². The van der Waals surface area contributed by atoms with Gasteiger partial charge in [-0.05, 0) is 39.0 Å². The van der Waals surface area contributed by atoms with Crippen LogP contribution in [0.15, 0.2) is 59.5 Å². The minimum absolute atomic E-state index is 0.00862. The molecule has 0 aliphatic carbocycles. The second kappa shape index (κ2) is 7.80. The molecule has 0 aromatic heterocycles. The van der Waals surface area contributed by atoms with Crippen molar-refractivity contribution in [3.8, 4) is 0 Å². The summed E-state index contributed by atoms with van der Waals surface area (Å²) < 4.78 is 48.8. The van der Waals surface area contributed by atoms with Gasteiger partial charge in [0, 0.05) is 18.3 Å². The van der Waals surface area contributed by atoms with E-state index in [0.717, 1.165) is 23.1 Å². The Morgan fingerprint density at radius 2 is 1.67 bits per heavy atom. The lowest BCUT2D eigenvalue weighted by Crippen LogP contribution is -2.70.